The van der Waals surface area contributed by atoms with Gasteiger partial charge in [-0.2, -0.15) is 5.10 Å². The van der Waals surface area contributed by atoms with Crippen molar-refractivity contribution in [3.05, 3.63) is 59.0 Å². The van der Waals surface area contributed by atoms with Crippen molar-refractivity contribution in [3.63, 3.8) is 0 Å². The molecule has 0 radical (unpaired) electrons. The van der Waals surface area contributed by atoms with Crippen molar-refractivity contribution in [2.45, 2.75) is 43.2 Å². The van der Waals surface area contributed by atoms with Crippen molar-refractivity contribution >= 4 is 40.9 Å². The molecule has 2 heterocycles. The minimum Gasteiger partial charge on any atom is -0.469 e. The average Bonchev–Trinajstić information content (AvgIpc) is 3.24. The summed E-state index contributed by atoms with van der Waals surface area (Å²) in [4.78, 5) is 15.7. The van der Waals surface area contributed by atoms with Gasteiger partial charge in [-0.1, -0.05) is 23.7 Å². The van der Waals surface area contributed by atoms with E-state index in [1.807, 2.05) is 0 Å². The minimum absolute atomic E-state index is 0.0433. The fraction of sp³-hybridized carbons (Fsp3) is 0.318. The van der Waals surface area contributed by atoms with Gasteiger partial charge in [-0.25, -0.2) is 18.1 Å². The molecule has 0 bridgehead atoms. The fourth-order valence-electron chi connectivity index (χ4n) is 3.91. The standard InChI is InChI=1S/C22H24BClN4O5S/c1-32-21(29)9-10-28-19-7-4-6-18(15(19)13-26-28)27-34(30,31)14-11-16(23)22(25-12-14)33-20-8-3-2-5-17(20)24/h2-3,5,8,11-13,18,27H,4,6-7,9-10,23H2,1H3/t18-/m1/s1. The SMILES string of the molecule is Bc1cc(S(=O)(=O)N[C@@H]2CCCc3c2cnn3CCC(=O)OC)cnc1Oc1ccccc1Cl. The zero-order valence-corrected chi connectivity index (χ0v) is 20.4. The smallest absolute Gasteiger partial charge is 0.307 e. The molecule has 4 rings (SSSR count). The van der Waals surface area contributed by atoms with E-state index >= 15 is 0 Å². The highest BCUT2D eigenvalue weighted by molar-refractivity contribution is 7.89. The number of para-hydroxylation sites is 1. The van der Waals surface area contributed by atoms with Crippen molar-refractivity contribution in [1.82, 2.24) is 19.5 Å². The first-order valence-electron chi connectivity index (χ1n) is 10.8. The van der Waals surface area contributed by atoms with Crippen molar-refractivity contribution in [2.24, 2.45) is 0 Å². The average molecular weight is 503 g/mol. The molecule has 0 saturated carbocycles. The normalized spacial score (nSPS) is 15.5. The van der Waals surface area contributed by atoms with Crippen LogP contribution in [-0.2, 0) is 32.5 Å². The lowest BCUT2D eigenvalue weighted by molar-refractivity contribution is -0.140. The second kappa shape index (κ2) is 10.2. The van der Waals surface area contributed by atoms with Crippen LogP contribution in [0.5, 0.6) is 11.6 Å². The van der Waals surface area contributed by atoms with Crippen LogP contribution in [0.4, 0.5) is 0 Å². The molecule has 178 valence electrons. The fourth-order valence-corrected chi connectivity index (χ4v) is 5.36. The van der Waals surface area contributed by atoms with Crippen molar-refractivity contribution < 1.29 is 22.7 Å². The molecule has 34 heavy (non-hydrogen) atoms. The van der Waals surface area contributed by atoms with Gasteiger partial charge in [0.05, 0.1) is 43.5 Å². The molecule has 0 fully saturated rings. The number of rotatable bonds is 8. The number of aryl methyl sites for hydroxylation is 1. The van der Waals surface area contributed by atoms with E-state index in [1.165, 1.54) is 19.4 Å². The highest BCUT2D eigenvalue weighted by atomic mass is 35.5. The molecule has 9 nitrogen and oxygen atoms in total. The van der Waals surface area contributed by atoms with Gasteiger partial charge in [0.2, 0.25) is 15.9 Å². The number of hydrogen-bond donors (Lipinski definition) is 1. The Kier molecular flexibility index (Phi) is 7.25. The van der Waals surface area contributed by atoms with E-state index in [1.54, 1.807) is 43.0 Å². The third-order valence-corrected chi connectivity index (χ3v) is 7.43. The van der Waals surface area contributed by atoms with Crippen molar-refractivity contribution in [2.75, 3.05) is 7.11 Å². The quantitative estimate of drug-likeness (QED) is 0.370. The molecule has 1 aliphatic carbocycles. The highest BCUT2D eigenvalue weighted by Crippen LogP contribution is 2.31. The molecular weight excluding hydrogens is 479 g/mol. The van der Waals surface area contributed by atoms with E-state index in [4.69, 9.17) is 21.1 Å². The van der Waals surface area contributed by atoms with Crippen LogP contribution in [0.1, 0.15) is 36.6 Å². The van der Waals surface area contributed by atoms with E-state index in [0.717, 1.165) is 24.1 Å². The summed E-state index contributed by atoms with van der Waals surface area (Å²) in [6.45, 7) is 0.386. The lowest BCUT2D eigenvalue weighted by Crippen LogP contribution is -2.32. The molecule has 1 N–H and O–H groups in total. The molecule has 0 saturated heterocycles. The zero-order chi connectivity index (χ0) is 24.3. The third kappa shape index (κ3) is 5.26. The number of sulfonamides is 1. The van der Waals surface area contributed by atoms with Gasteiger partial charge in [0.15, 0.2) is 0 Å². The number of hydrogen-bond acceptors (Lipinski definition) is 7. The van der Waals surface area contributed by atoms with Gasteiger partial charge in [-0.3, -0.25) is 9.48 Å². The van der Waals surface area contributed by atoms with Gasteiger partial charge in [0, 0.05) is 11.3 Å². The number of nitrogens with one attached hydrogen (secondary N) is 1. The number of methoxy groups -OCH3 is 1. The minimum atomic E-state index is -3.85. The molecule has 1 aliphatic rings. The van der Waals surface area contributed by atoms with E-state index < -0.39 is 16.1 Å². The van der Waals surface area contributed by atoms with Crippen LogP contribution in [0, 0.1) is 0 Å². The Morgan fingerprint density at radius 3 is 2.85 bits per heavy atom. The molecular formula is C22H24BClN4O5S. The van der Waals surface area contributed by atoms with Gasteiger partial charge >= 0.3 is 5.97 Å². The summed E-state index contributed by atoms with van der Waals surface area (Å²) in [5, 5.41) is 4.80. The predicted molar refractivity (Wildman–Crippen MR) is 129 cm³/mol. The molecule has 3 aromatic rings. The molecule has 1 aromatic carbocycles. The maximum atomic E-state index is 13.1. The lowest BCUT2D eigenvalue weighted by atomic mass is 9.94. The Labute approximate surface area is 203 Å². The second-order valence-electron chi connectivity index (χ2n) is 7.99. The summed E-state index contributed by atoms with van der Waals surface area (Å²) in [6.07, 6.45) is 5.35. The first-order chi connectivity index (χ1) is 16.3. The summed E-state index contributed by atoms with van der Waals surface area (Å²) in [5.41, 5.74) is 2.31. The number of carbonyl (C=O) groups is 1. The largest absolute Gasteiger partial charge is 0.469 e. The van der Waals surface area contributed by atoms with Gasteiger partial charge in [0.1, 0.15) is 18.5 Å². The number of pyridine rings is 1. The Bertz CT molecular complexity index is 1310. The monoisotopic (exact) mass is 502 g/mol. The van der Waals surface area contributed by atoms with Crippen LogP contribution in [-0.4, -0.2) is 44.1 Å². The number of carbonyl (C=O) groups excluding carboxylic acids is 1. The van der Waals surface area contributed by atoms with Crippen LogP contribution in [0.15, 0.2) is 47.6 Å². The Morgan fingerprint density at radius 1 is 1.32 bits per heavy atom. The second-order valence-corrected chi connectivity index (χ2v) is 10.1. The summed E-state index contributed by atoms with van der Waals surface area (Å²) in [6, 6.07) is 8.09. The zero-order valence-electron chi connectivity index (χ0n) is 18.8. The van der Waals surface area contributed by atoms with E-state index in [9.17, 15) is 13.2 Å². The van der Waals surface area contributed by atoms with Gasteiger partial charge in [-0.15, -0.1) is 0 Å². The van der Waals surface area contributed by atoms with Crippen LogP contribution < -0.4 is 14.9 Å². The van der Waals surface area contributed by atoms with Crippen LogP contribution in [0.25, 0.3) is 0 Å². The maximum Gasteiger partial charge on any atom is 0.307 e. The van der Waals surface area contributed by atoms with Gasteiger partial charge in [-0.05, 0) is 42.9 Å². The Morgan fingerprint density at radius 2 is 2.12 bits per heavy atom. The molecule has 0 spiro atoms. The maximum absolute atomic E-state index is 13.1. The topological polar surface area (TPSA) is 112 Å². The number of fused-ring (bicyclic) bond motifs is 1. The molecule has 12 heteroatoms. The van der Waals surface area contributed by atoms with Crippen molar-refractivity contribution in [1.29, 1.82) is 0 Å². The summed E-state index contributed by atoms with van der Waals surface area (Å²) >= 11 is 6.14. The Hall–Kier alpha value is -2.89. The number of ether oxygens (including phenoxy) is 2. The number of halogens is 1. The number of nitrogens with zero attached hydrogens (tertiary/aromatic N) is 3. The Balaban J connectivity index is 1.51. The van der Waals surface area contributed by atoms with Crippen LogP contribution in [0.3, 0.4) is 0 Å². The molecule has 0 unspecified atom stereocenters. The van der Waals surface area contributed by atoms with E-state index in [0.29, 0.717) is 29.2 Å². The third-order valence-electron chi connectivity index (χ3n) is 5.67. The number of aromatic nitrogens is 3. The van der Waals surface area contributed by atoms with Gasteiger partial charge in [0.25, 0.3) is 0 Å². The van der Waals surface area contributed by atoms with E-state index in [-0.39, 0.29) is 23.2 Å². The molecule has 1 atom stereocenters. The molecule has 0 amide bonds. The number of benzene rings is 1. The lowest BCUT2D eigenvalue weighted by Gasteiger charge is -2.24. The van der Waals surface area contributed by atoms with Crippen LogP contribution in [0.2, 0.25) is 5.02 Å². The highest BCUT2D eigenvalue weighted by Gasteiger charge is 2.29. The van der Waals surface area contributed by atoms with Gasteiger partial charge < -0.3 is 9.47 Å². The van der Waals surface area contributed by atoms with E-state index in [2.05, 4.69) is 14.8 Å². The van der Waals surface area contributed by atoms with Crippen molar-refractivity contribution in [3.8, 4) is 11.6 Å². The molecule has 2 aromatic heterocycles. The summed E-state index contributed by atoms with van der Waals surface area (Å²) < 4.78 is 41.3. The summed E-state index contributed by atoms with van der Waals surface area (Å²) in [7, 11) is -0.779. The molecule has 0 aliphatic heterocycles. The first kappa shape index (κ1) is 24.2. The predicted octanol–water partition coefficient (Wildman–Crippen LogP) is 1.90. The number of esters is 1. The summed E-state index contributed by atoms with van der Waals surface area (Å²) in [5.74, 6) is 0.397. The van der Waals surface area contributed by atoms with Crippen LogP contribution >= 0.6 is 11.6 Å². The first-order valence-corrected chi connectivity index (χ1v) is 12.7.